The van der Waals surface area contributed by atoms with Gasteiger partial charge in [-0.15, -0.1) is 0 Å². The predicted octanol–water partition coefficient (Wildman–Crippen LogP) is 1.47. The third-order valence-electron chi connectivity index (χ3n) is 4.54. The number of rotatable bonds is 1. The molecule has 2 heterocycles. The van der Waals surface area contributed by atoms with E-state index in [1.807, 2.05) is 0 Å². The molecule has 1 fully saturated rings. The molecule has 5 nitrogen and oxygen atoms in total. The van der Waals surface area contributed by atoms with Crippen LogP contribution in [-0.4, -0.2) is 39.9 Å². The fourth-order valence-corrected chi connectivity index (χ4v) is 3.43. The van der Waals surface area contributed by atoms with Gasteiger partial charge in [0, 0.05) is 36.3 Å². The highest BCUT2D eigenvalue weighted by Gasteiger charge is 2.40. The van der Waals surface area contributed by atoms with Gasteiger partial charge in [0.05, 0.1) is 0 Å². The van der Waals surface area contributed by atoms with Gasteiger partial charge in [0.15, 0.2) is 5.69 Å². The van der Waals surface area contributed by atoms with Gasteiger partial charge in [-0.05, 0) is 32.6 Å². The highest BCUT2D eigenvalue weighted by Crippen LogP contribution is 2.36. The van der Waals surface area contributed by atoms with Crippen molar-refractivity contribution in [1.29, 1.82) is 0 Å². The van der Waals surface area contributed by atoms with Crippen LogP contribution >= 0.6 is 0 Å². The molecule has 1 amide bonds. The lowest BCUT2D eigenvalue weighted by molar-refractivity contribution is -0.143. The van der Waals surface area contributed by atoms with Crippen molar-refractivity contribution in [3.05, 3.63) is 22.8 Å². The Morgan fingerprint density at radius 2 is 2.04 bits per heavy atom. The largest absolute Gasteiger partial charge is 0.433 e. The van der Waals surface area contributed by atoms with Gasteiger partial charge in [-0.3, -0.25) is 4.79 Å². The summed E-state index contributed by atoms with van der Waals surface area (Å²) in [7, 11) is 0. The van der Waals surface area contributed by atoms with Gasteiger partial charge in [-0.1, -0.05) is 0 Å². The third-order valence-corrected chi connectivity index (χ3v) is 4.54. The summed E-state index contributed by atoms with van der Waals surface area (Å²) in [6.45, 7) is 2.52. The molecular formula is C15H19F3N4O. The van der Waals surface area contributed by atoms with Crippen LogP contribution in [0.15, 0.2) is 0 Å². The maximum atomic E-state index is 13.2. The predicted molar refractivity (Wildman–Crippen MR) is 76.5 cm³/mol. The minimum atomic E-state index is -4.53. The average molecular weight is 328 g/mol. The lowest BCUT2D eigenvalue weighted by Gasteiger charge is -2.28. The molecular weight excluding hydrogens is 309 g/mol. The highest BCUT2D eigenvalue weighted by molar-refractivity contribution is 5.80. The Kier molecular flexibility index (Phi) is 4.03. The Labute approximate surface area is 132 Å². The van der Waals surface area contributed by atoms with Gasteiger partial charge in [-0.2, -0.15) is 13.2 Å². The number of amides is 1. The van der Waals surface area contributed by atoms with Gasteiger partial charge in [-0.25, -0.2) is 9.97 Å². The lowest BCUT2D eigenvalue weighted by atomic mass is 9.84. The molecule has 0 bridgehead atoms. The maximum absolute atomic E-state index is 13.2. The van der Waals surface area contributed by atoms with Crippen LogP contribution in [0.1, 0.15) is 35.6 Å². The zero-order valence-electron chi connectivity index (χ0n) is 12.9. The molecule has 1 saturated heterocycles. The fourth-order valence-electron chi connectivity index (χ4n) is 3.43. The van der Waals surface area contributed by atoms with Gasteiger partial charge in [0.1, 0.15) is 5.82 Å². The van der Waals surface area contributed by atoms with Crippen LogP contribution in [0, 0.1) is 12.8 Å². The minimum absolute atomic E-state index is 0.0356. The topological polar surface area (TPSA) is 72.1 Å². The first-order chi connectivity index (χ1) is 10.8. The second-order valence-corrected chi connectivity index (χ2v) is 6.32. The van der Waals surface area contributed by atoms with Gasteiger partial charge in [0.2, 0.25) is 5.91 Å². The van der Waals surface area contributed by atoms with Crippen LogP contribution in [0.5, 0.6) is 0 Å². The summed E-state index contributed by atoms with van der Waals surface area (Å²) < 4.78 is 39.7. The molecule has 8 heteroatoms. The molecule has 0 unspecified atom stereocenters. The number of aromatic nitrogens is 2. The van der Waals surface area contributed by atoms with E-state index in [0.717, 1.165) is 6.42 Å². The van der Waals surface area contributed by atoms with E-state index < -0.39 is 17.8 Å². The van der Waals surface area contributed by atoms with Gasteiger partial charge in [0.25, 0.3) is 0 Å². The number of nitrogens with zero attached hydrogens (tertiary/aromatic N) is 3. The number of aryl methyl sites for hydroxylation is 2. The van der Waals surface area contributed by atoms with Crippen LogP contribution in [0.25, 0.3) is 0 Å². The molecule has 0 spiro atoms. The number of carbonyl (C=O) groups is 1. The summed E-state index contributed by atoms with van der Waals surface area (Å²) in [4.78, 5) is 21.9. The first-order valence-corrected chi connectivity index (χ1v) is 7.73. The van der Waals surface area contributed by atoms with Crippen LogP contribution in [-0.2, 0) is 23.8 Å². The molecule has 2 aliphatic rings. The van der Waals surface area contributed by atoms with Crippen molar-refractivity contribution in [2.45, 2.75) is 44.8 Å². The SMILES string of the molecule is Cc1nc2c(c(C(F)(F)F)n1)C[C@H](C(=O)N1CC[C@@H](N)C1)CC2. The summed E-state index contributed by atoms with van der Waals surface area (Å²) in [5.41, 5.74) is 5.41. The summed E-state index contributed by atoms with van der Waals surface area (Å²) >= 11 is 0. The number of carbonyl (C=O) groups excluding carboxylic acids is 1. The lowest BCUT2D eigenvalue weighted by Crippen LogP contribution is -2.39. The second-order valence-electron chi connectivity index (χ2n) is 6.32. The Bertz CT molecular complexity index is 632. The van der Waals surface area contributed by atoms with E-state index in [2.05, 4.69) is 9.97 Å². The van der Waals surface area contributed by atoms with Crippen molar-refractivity contribution < 1.29 is 18.0 Å². The molecule has 23 heavy (non-hydrogen) atoms. The fraction of sp³-hybridized carbons (Fsp3) is 0.667. The van der Waals surface area contributed by atoms with E-state index in [1.54, 1.807) is 4.90 Å². The van der Waals surface area contributed by atoms with Crippen molar-refractivity contribution in [2.75, 3.05) is 13.1 Å². The molecule has 0 saturated carbocycles. The molecule has 2 atom stereocenters. The van der Waals surface area contributed by atoms with E-state index in [-0.39, 0.29) is 29.8 Å². The van der Waals surface area contributed by atoms with E-state index in [1.165, 1.54) is 6.92 Å². The van der Waals surface area contributed by atoms with Gasteiger partial charge < -0.3 is 10.6 Å². The first kappa shape index (κ1) is 16.2. The number of nitrogens with two attached hydrogens (primary N) is 1. The standard InChI is InChI=1S/C15H19F3N4O/c1-8-20-12-3-2-9(14(23)22-5-4-10(19)7-22)6-11(12)13(21-8)15(16,17)18/h9-10H,2-7,19H2,1H3/t9-,10-/m1/s1. The van der Waals surface area contributed by atoms with Crippen molar-refractivity contribution in [1.82, 2.24) is 14.9 Å². The Balaban J connectivity index is 1.86. The van der Waals surface area contributed by atoms with E-state index in [0.29, 0.717) is 31.6 Å². The average Bonchev–Trinajstić information content (AvgIpc) is 2.90. The van der Waals surface area contributed by atoms with E-state index in [9.17, 15) is 18.0 Å². The minimum Gasteiger partial charge on any atom is -0.341 e. The van der Waals surface area contributed by atoms with Crippen LogP contribution < -0.4 is 5.73 Å². The number of fused-ring (bicyclic) bond motifs is 1. The molecule has 1 aromatic heterocycles. The third kappa shape index (κ3) is 3.17. The maximum Gasteiger partial charge on any atom is 0.433 e. The molecule has 2 N–H and O–H groups in total. The summed E-state index contributed by atoms with van der Waals surface area (Å²) in [5, 5.41) is 0. The molecule has 3 rings (SSSR count). The van der Waals surface area contributed by atoms with Crippen molar-refractivity contribution >= 4 is 5.91 Å². The zero-order chi connectivity index (χ0) is 16.8. The summed E-state index contributed by atoms with van der Waals surface area (Å²) in [6.07, 6.45) is -2.84. The van der Waals surface area contributed by atoms with E-state index >= 15 is 0 Å². The van der Waals surface area contributed by atoms with Crippen LogP contribution in [0.4, 0.5) is 13.2 Å². The van der Waals surface area contributed by atoms with Gasteiger partial charge >= 0.3 is 6.18 Å². The number of halogens is 3. The Morgan fingerprint density at radius 1 is 1.30 bits per heavy atom. The molecule has 0 radical (unpaired) electrons. The number of hydrogen-bond donors (Lipinski definition) is 1. The van der Waals surface area contributed by atoms with Crippen LogP contribution in [0.3, 0.4) is 0 Å². The van der Waals surface area contributed by atoms with Crippen molar-refractivity contribution in [3.63, 3.8) is 0 Å². The Hall–Kier alpha value is -1.70. The second kappa shape index (κ2) is 5.74. The molecule has 0 aromatic carbocycles. The van der Waals surface area contributed by atoms with Crippen molar-refractivity contribution in [3.8, 4) is 0 Å². The summed E-state index contributed by atoms with van der Waals surface area (Å²) in [5.74, 6) is -0.427. The Morgan fingerprint density at radius 3 is 2.65 bits per heavy atom. The number of hydrogen-bond acceptors (Lipinski definition) is 4. The van der Waals surface area contributed by atoms with E-state index in [4.69, 9.17) is 5.73 Å². The van der Waals surface area contributed by atoms with Crippen LogP contribution in [0.2, 0.25) is 0 Å². The highest BCUT2D eigenvalue weighted by atomic mass is 19.4. The monoisotopic (exact) mass is 328 g/mol. The molecule has 1 aliphatic carbocycles. The number of likely N-dealkylation sites (tertiary alicyclic amines) is 1. The molecule has 1 aliphatic heterocycles. The normalized spacial score (nSPS) is 24.7. The molecule has 126 valence electrons. The summed E-state index contributed by atoms with van der Waals surface area (Å²) in [6, 6.07) is -0.0356. The smallest absolute Gasteiger partial charge is 0.341 e. The first-order valence-electron chi connectivity index (χ1n) is 7.73. The zero-order valence-corrected chi connectivity index (χ0v) is 12.9. The van der Waals surface area contributed by atoms with Crippen molar-refractivity contribution in [2.24, 2.45) is 11.7 Å². The number of alkyl halides is 3. The molecule has 1 aromatic rings. The quantitative estimate of drug-likeness (QED) is 0.847.